The van der Waals surface area contributed by atoms with Gasteiger partial charge in [0.1, 0.15) is 0 Å². The Balaban J connectivity index is 1.90. The largest absolute Gasteiger partial charge is 0.367 e. The molecular formula is C12H20N4O3S. The molecule has 0 atom stereocenters. The van der Waals surface area contributed by atoms with Gasteiger partial charge in [-0.3, -0.25) is 4.79 Å². The number of aromatic nitrogens is 1. The van der Waals surface area contributed by atoms with Crippen molar-refractivity contribution < 1.29 is 13.2 Å². The first kappa shape index (κ1) is 15.0. The Kier molecular flexibility index (Phi) is 4.46. The zero-order valence-electron chi connectivity index (χ0n) is 11.7. The van der Waals surface area contributed by atoms with Crippen LogP contribution in [0.5, 0.6) is 0 Å². The van der Waals surface area contributed by atoms with E-state index in [0.717, 1.165) is 5.56 Å². The highest BCUT2D eigenvalue weighted by atomic mass is 32.2. The fraction of sp³-hybridized carbons (Fsp3) is 0.583. The Morgan fingerprint density at radius 1 is 1.30 bits per heavy atom. The number of hydrogen-bond donors (Lipinski definition) is 1. The van der Waals surface area contributed by atoms with Crippen LogP contribution in [0.3, 0.4) is 0 Å². The van der Waals surface area contributed by atoms with E-state index in [0.29, 0.717) is 32.6 Å². The van der Waals surface area contributed by atoms with Gasteiger partial charge in [-0.1, -0.05) is 0 Å². The molecule has 7 nitrogen and oxygen atoms in total. The summed E-state index contributed by atoms with van der Waals surface area (Å²) in [7, 11) is -0.350. The van der Waals surface area contributed by atoms with E-state index in [2.05, 4.69) is 4.98 Å². The molecule has 112 valence electrons. The second kappa shape index (κ2) is 5.94. The average molecular weight is 300 g/mol. The molecule has 2 heterocycles. The molecule has 1 aliphatic rings. The van der Waals surface area contributed by atoms with Crippen LogP contribution in [-0.4, -0.2) is 73.1 Å². The number of hydrogen-bond acceptors (Lipinski definition) is 3. The lowest BCUT2D eigenvalue weighted by Gasteiger charge is -2.35. The van der Waals surface area contributed by atoms with Crippen LogP contribution in [0, 0.1) is 0 Å². The average Bonchev–Trinajstić information content (AvgIpc) is 2.91. The zero-order valence-corrected chi connectivity index (χ0v) is 12.6. The summed E-state index contributed by atoms with van der Waals surface area (Å²) in [6.45, 7) is 1.57. The monoisotopic (exact) mass is 300 g/mol. The SMILES string of the molecule is CN(C)S(=O)(=O)N1CCN(C(=O)Cc2cc[nH]c2)CC1. The maximum Gasteiger partial charge on any atom is 0.281 e. The molecule has 0 unspecified atom stereocenters. The van der Waals surface area contributed by atoms with Crippen molar-refractivity contribution in [2.45, 2.75) is 6.42 Å². The lowest BCUT2D eigenvalue weighted by Crippen LogP contribution is -2.53. The van der Waals surface area contributed by atoms with E-state index in [1.165, 1.54) is 22.7 Å². The minimum absolute atomic E-state index is 0.0338. The lowest BCUT2D eigenvalue weighted by molar-refractivity contribution is -0.131. The second-order valence-electron chi connectivity index (χ2n) is 4.97. The van der Waals surface area contributed by atoms with Gasteiger partial charge in [0, 0.05) is 52.7 Å². The standard InChI is InChI=1S/C12H20N4O3S/c1-14(2)20(18,19)16-7-5-15(6-8-16)12(17)9-11-3-4-13-10-11/h3-4,10,13H,5-9H2,1-2H3. The number of H-pyrrole nitrogens is 1. The molecule has 1 aromatic rings. The molecule has 1 fully saturated rings. The van der Waals surface area contributed by atoms with Gasteiger partial charge >= 0.3 is 0 Å². The van der Waals surface area contributed by atoms with Gasteiger partial charge in [0.15, 0.2) is 0 Å². The van der Waals surface area contributed by atoms with Crippen molar-refractivity contribution in [1.82, 2.24) is 18.5 Å². The van der Waals surface area contributed by atoms with Crippen LogP contribution in [0.1, 0.15) is 5.56 Å². The van der Waals surface area contributed by atoms with Crippen LogP contribution in [0.25, 0.3) is 0 Å². The zero-order chi connectivity index (χ0) is 14.8. The van der Waals surface area contributed by atoms with Crippen molar-refractivity contribution >= 4 is 16.1 Å². The Morgan fingerprint density at radius 2 is 1.95 bits per heavy atom. The van der Waals surface area contributed by atoms with Gasteiger partial charge in [-0.25, -0.2) is 0 Å². The van der Waals surface area contributed by atoms with Gasteiger partial charge in [-0.05, 0) is 11.6 Å². The lowest BCUT2D eigenvalue weighted by atomic mass is 10.2. The molecule has 1 amide bonds. The summed E-state index contributed by atoms with van der Waals surface area (Å²) in [5, 5.41) is 0. The number of piperazine rings is 1. The third-order valence-electron chi connectivity index (χ3n) is 3.40. The predicted molar refractivity (Wildman–Crippen MR) is 75.3 cm³/mol. The number of nitrogens with zero attached hydrogens (tertiary/aromatic N) is 3. The molecule has 0 bridgehead atoms. The summed E-state index contributed by atoms with van der Waals surface area (Å²) in [5.41, 5.74) is 0.943. The molecule has 0 aromatic carbocycles. The van der Waals surface area contributed by atoms with Crippen LogP contribution in [0.2, 0.25) is 0 Å². The van der Waals surface area contributed by atoms with Crippen molar-refractivity contribution in [3.63, 3.8) is 0 Å². The van der Waals surface area contributed by atoms with Crippen LogP contribution < -0.4 is 0 Å². The van der Waals surface area contributed by atoms with Crippen molar-refractivity contribution in [1.29, 1.82) is 0 Å². The minimum Gasteiger partial charge on any atom is -0.367 e. The third-order valence-corrected chi connectivity index (χ3v) is 5.34. The van der Waals surface area contributed by atoms with E-state index in [9.17, 15) is 13.2 Å². The fourth-order valence-electron chi connectivity index (χ4n) is 2.15. The fourth-order valence-corrected chi connectivity index (χ4v) is 3.24. The first-order chi connectivity index (χ1) is 9.41. The summed E-state index contributed by atoms with van der Waals surface area (Å²) < 4.78 is 26.5. The molecule has 2 rings (SSSR count). The predicted octanol–water partition coefficient (Wildman–Crippen LogP) is -0.492. The van der Waals surface area contributed by atoms with Crippen LogP contribution in [-0.2, 0) is 21.4 Å². The maximum atomic E-state index is 12.1. The molecule has 0 spiro atoms. The molecule has 0 radical (unpaired) electrons. The maximum absolute atomic E-state index is 12.1. The highest BCUT2D eigenvalue weighted by Gasteiger charge is 2.30. The number of aromatic amines is 1. The van der Waals surface area contributed by atoms with E-state index in [1.54, 1.807) is 17.3 Å². The smallest absolute Gasteiger partial charge is 0.281 e. The molecular weight excluding hydrogens is 280 g/mol. The number of carbonyl (C=O) groups is 1. The summed E-state index contributed by atoms with van der Waals surface area (Å²) in [4.78, 5) is 16.7. The van der Waals surface area contributed by atoms with E-state index in [1.807, 2.05) is 6.07 Å². The molecule has 8 heteroatoms. The van der Waals surface area contributed by atoms with Crippen LogP contribution in [0.4, 0.5) is 0 Å². The van der Waals surface area contributed by atoms with Gasteiger partial charge < -0.3 is 9.88 Å². The first-order valence-corrected chi connectivity index (χ1v) is 7.88. The van der Waals surface area contributed by atoms with E-state index >= 15 is 0 Å². The van der Waals surface area contributed by atoms with Crippen molar-refractivity contribution in [2.24, 2.45) is 0 Å². The topological polar surface area (TPSA) is 76.7 Å². The van der Waals surface area contributed by atoms with E-state index in [4.69, 9.17) is 0 Å². The summed E-state index contributed by atoms with van der Waals surface area (Å²) >= 11 is 0. The third kappa shape index (κ3) is 3.20. The van der Waals surface area contributed by atoms with Gasteiger partial charge in [0.25, 0.3) is 10.2 Å². The summed E-state index contributed by atoms with van der Waals surface area (Å²) in [6.07, 6.45) is 3.93. The number of rotatable bonds is 4. The van der Waals surface area contributed by atoms with Gasteiger partial charge in [-0.2, -0.15) is 17.0 Å². The highest BCUT2D eigenvalue weighted by molar-refractivity contribution is 7.86. The molecule has 1 N–H and O–H groups in total. The number of carbonyl (C=O) groups excluding carboxylic acids is 1. The number of nitrogens with one attached hydrogen (secondary N) is 1. The molecule has 20 heavy (non-hydrogen) atoms. The van der Waals surface area contributed by atoms with E-state index in [-0.39, 0.29) is 5.91 Å². The Labute approximate surface area is 119 Å². The quantitative estimate of drug-likeness (QED) is 0.815. The Hall–Kier alpha value is -1.38. The second-order valence-corrected chi connectivity index (χ2v) is 7.11. The van der Waals surface area contributed by atoms with Crippen LogP contribution in [0.15, 0.2) is 18.5 Å². The molecule has 1 aromatic heterocycles. The molecule has 1 saturated heterocycles. The Bertz CT molecular complexity index is 545. The first-order valence-electron chi connectivity index (χ1n) is 6.48. The van der Waals surface area contributed by atoms with Crippen LogP contribution >= 0.6 is 0 Å². The van der Waals surface area contributed by atoms with Crippen molar-refractivity contribution in [2.75, 3.05) is 40.3 Å². The van der Waals surface area contributed by atoms with Crippen molar-refractivity contribution in [3.8, 4) is 0 Å². The van der Waals surface area contributed by atoms with Gasteiger partial charge in [0.05, 0.1) is 6.42 Å². The summed E-state index contributed by atoms with van der Waals surface area (Å²) in [6, 6.07) is 1.87. The van der Waals surface area contributed by atoms with Gasteiger partial charge in [-0.15, -0.1) is 0 Å². The van der Waals surface area contributed by atoms with Gasteiger partial charge in [0.2, 0.25) is 5.91 Å². The highest BCUT2D eigenvalue weighted by Crippen LogP contribution is 2.11. The number of amides is 1. The minimum atomic E-state index is -3.38. The van der Waals surface area contributed by atoms with E-state index < -0.39 is 10.2 Å². The Morgan fingerprint density at radius 3 is 2.45 bits per heavy atom. The normalized spacial score (nSPS) is 17.6. The molecule has 0 saturated carbocycles. The molecule has 1 aliphatic heterocycles. The van der Waals surface area contributed by atoms with Crippen molar-refractivity contribution in [3.05, 3.63) is 24.0 Å². The summed E-state index contributed by atoms with van der Waals surface area (Å²) in [5.74, 6) is 0.0338. The molecule has 0 aliphatic carbocycles.